The highest BCUT2D eigenvalue weighted by Gasteiger charge is 2.11. The summed E-state index contributed by atoms with van der Waals surface area (Å²) in [6.07, 6.45) is 9.32. The molecule has 1 rings (SSSR count). The molecule has 0 aliphatic heterocycles. The van der Waals surface area contributed by atoms with E-state index in [9.17, 15) is 0 Å². The lowest BCUT2D eigenvalue weighted by Gasteiger charge is -2.23. The Labute approximate surface area is 112 Å². The van der Waals surface area contributed by atoms with Crippen molar-refractivity contribution in [3.05, 3.63) is 30.1 Å². The molecule has 4 N–H and O–H groups in total. The van der Waals surface area contributed by atoms with Crippen molar-refractivity contribution in [2.45, 2.75) is 6.42 Å². The van der Waals surface area contributed by atoms with E-state index < -0.39 is 0 Å². The molecule has 0 aromatic carbocycles. The quantitative estimate of drug-likeness (QED) is 0.315. The second-order valence-corrected chi connectivity index (χ2v) is 3.90. The number of nitrogens with zero attached hydrogens (tertiary/aromatic N) is 2. The van der Waals surface area contributed by atoms with Gasteiger partial charge in [-0.25, -0.2) is 0 Å². The minimum Gasteiger partial charge on any atom is -0.370 e. The van der Waals surface area contributed by atoms with Gasteiger partial charge in [0, 0.05) is 18.9 Å². The average molecular weight is 261 g/mol. The van der Waals surface area contributed by atoms with Crippen molar-refractivity contribution in [1.82, 2.24) is 15.2 Å². The normalized spacial score (nSPS) is 9.28. The Bertz CT molecular complexity index is 451. The van der Waals surface area contributed by atoms with Gasteiger partial charge in [-0.05, 0) is 30.3 Å². The number of nitrogens with one attached hydrogen (secondary N) is 2. The standard InChI is InChI=1S/C12H15N5S/c1-2-6-16-12(18)17(11(13)14)8-5-10-4-3-7-15-9-10/h1,3-4,7,9H,5-6,8H2,(H3,13,14)(H,16,18). The third kappa shape index (κ3) is 4.39. The smallest absolute Gasteiger partial charge is 0.194 e. The number of aromatic nitrogens is 1. The second kappa shape index (κ2) is 7.25. The van der Waals surface area contributed by atoms with Crippen molar-refractivity contribution in [3.8, 4) is 12.3 Å². The summed E-state index contributed by atoms with van der Waals surface area (Å²) in [5.74, 6) is 2.32. The first-order valence-electron chi connectivity index (χ1n) is 5.37. The van der Waals surface area contributed by atoms with E-state index in [1.165, 1.54) is 4.90 Å². The third-order valence-electron chi connectivity index (χ3n) is 2.22. The number of rotatable bonds is 4. The van der Waals surface area contributed by atoms with Crippen molar-refractivity contribution >= 4 is 23.3 Å². The molecule has 1 aromatic rings. The van der Waals surface area contributed by atoms with Gasteiger partial charge in [0.25, 0.3) is 0 Å². The molecule has 6 heteroatoms. The number of terminal acetylenes is 1. The zero-order valence-corrected chi connectivity index (χ0v) is 10.7. The summed E-state index contributed by atoms with van der Waals surface area (Å²) in [6, 6.07) is 3.82. The van der Waals surface area contributed by atoms with E-state index in [2.05, 4.69) is 16.2 Å². The number of guanidine groups is 1. The van der Waals surface area contributed by atoms with Gasteiger partial charge in [0.1, 0.15) is 0 Å². The summed E-state index contributed by atoms with van der Waals surface area (Å²) in [7, 11) is 0. The van der Waals surface area contributed by atoms with Crippen LogP contribution in [0.3, 0.4) is 0 Å². The van der Waals surface area contributed by atoms with E-state index in [-0.39, 0.29) is 5.96 Å². The van der Waals surface area contributed by atoms with Gasteiger partial charge in [-0.15, -0.1) is 6.42 Å². The highest BCUT2D eigenvalue weighted by Crippen LogP contribution is 2.00. The lowest BCUT2D eigenvalue weighted by molar-refractivity contribution is 0.584. The molecular weight excluding hydrogens is 246 g/mol. The fourth-order valence-corrected chi connectivity index (χ4v) is 1.60. The predicted octanol–water partition coefficient (Wildman–Crippen LogP) is 0.327. The summed E-state index contributed by atoms with van der Waals surface area (Å²) in [6.45, 7) is 0.826. The molecule has 0 radical (unpaired) electrons. The second-order valence-electron chi connectivity index (χ2n) is 3.51. The topological polar surface area (TPSA) is 78.0 Å². The summed E-state index contributed by atoms with van der Waals surface area (Å²) < 4.78 is 0. The van der Waals surface area contributed by atoms with Crippen molar-refractivity contribution in [2.24, 2.45) is 5.73 Å². The molecule has 94 valence electrons. The van der Waals surface area contributed by atoms with E-state index in [1.54, 1.807) is 12.4 Å². The van der Waals surface area contributed by atoms with Crippen LogP contribution in [-0.4, -0.2) is 34.0 Å². The van der Waals surface area contributed by atoms with Gasteiger partial charge in [-0.2, -0.15) is 0 Å². The molecule has 0 saturated carbocycles. The molecule has 5 nitrogen and oxygen atoms in total. The first-order chi connectivity index (χ1) is 8.65. The van der Waals surface area contributed by atoms with Gasteiger partial charge in [0.05, 0.1) is 6.54 Å². The van der Waals surface area contributed by atoms with Gasteiger partial charge in [0.15, 0.2) is 11.1 Å². The molecule has 0 spiro atoms. The summed E-state index contributed by atoms with van der Waals surface area (Å²) in [4.78, 5) is 5.52. The maximum Gasteiger partial charge on any atom is 0.194 e. The molecular formula is C12H15N5S. The molecule has 0 saturated heterocycles. The first kappa shape index (κ1) is 13.9. The summed E-state index contributed by atoms with van der Waals surface area (Å²) in [5, 5.41) is 10.7. The van der Waals surface area contributed by atoms with E-state index >= 15 is 0 Å². The average Bonchev–Trinajstić information content (AvgIpc) is 2.37. The Kier molecular flexibility index (Phi) is 5.61. The Morgan fingerprint density at radius 1 is 1.67 bits per heavy atom. The zero-order chi connectivity index (χ0) is 13.4. The van der Waals surface area contributed by atoms with Gasteiger partial charge in [-0.3, -0.25) is 15.3 Å². The van der Waals surface area contributed by atoms with Crippen LogP contribution in [0.4, 0.5) is 0 Å². The van der Waals surface area contributed by atoms with E-state index in [0.717, 1.165) is 5.56 Å². The molecule has 1 heterocycles. The van der Waals surface area contributed by atoms with Gasteiger partial charge < -0.3 is 11.1 Å². The molecule has 0 unspecified atom stereocenters. The van der Waals surface area contributed by atoms with Crippen LogP contribution < -0.4 is 11.1 Å². The maximum atomic E-state index is 7.49. The van der Waals surface area contributed by atoms with Crippen LogP contribution in [0.15, 0.2) is 24.5 Å². The Morgan fingerprint density at radius 3 is 3.00 bits per heavy atom. The fourth-order valence-electron chi connectivity index (χ4n) is 1.34. The Balaban J connectivity index is 2.56. The van der Waals surface area contributed by atoms with Crippen molar-refractivity contribution in [3.63, 3.8) is 0 Å². The van der Waals surface area contributed by atoms with Crippen molar-refractivity contribution in [2.75, 3.05) is 13.1 Å². The van der Waals surface area contributed by atoms with E-state index in [4.69, 9.17) is 29.8 Å². The molecule has 18 heavy (non-hydrogen) atoms. The van der Waals surface area contributed by atoms with E-state index in [1.807, 2.05) is 12.1 Å². The van der Waals surface area contributed by atoms with Gasteiger partial charge in [0.2, 0.25) is 0 Å². The molecule has 0 atom stereocenters. The fraction of sp³-hybridized carbons (Fsp3) is 0.250. The van der Waals surface area contributed by atoms with Crippen molar-refractivity contribution < 1.29 is 0 Å². The minimum atomic E-state index is -0.103. The van der Waals surface area contributed by atoms with Crippen LogP contribution in [0, 0.1) is 17.8 Å². The molecule has 0 fully saturated rings. The lowest BCUT2D eigenvalue weighted by Crippen LogP contribution is -2.47. The highest BCUT2D eigenvalue weighted by molar-refractivity contribution is 7.80. The van der Waals surface area contributed by atoms with Crippen LogP contribution in [0.2, 0.25) is 0 Å². The van der Waals surface area contributed by atoms with Crippen LogP contribution >= 0.6 is 12.2 Å². The first-order valence-corrected chi connectivity index (χ1v) is 5.77. The molecule has 1 aromatic heterocycles. The monoisotopic (exact) mass is 261 g/mol. The number of nitrogens with two attached hydrogens (primary N) is 1. The highest BCUT2D eigenvalue weighted by atomic mass is 32.1. The molecule has 0 amide bonds. The van der Waals surface area contributed by atoms with E-state index in [0.29, 0.717) is 24.6 Å². The minimum absolute atomic E-state index is 0.103. The van der Waals surface area contributed by atoms with Crippen molar-refractivity contribution in [1.29, 1.82) is 5.41 Å². The van der Waals surface area contributed by atoms with Crippen LogP contribution in [0.5, 0.6) is 0 Å². The Hall–Kier alpha value is -2.13. The van der Waals surface area contributed by atoms with Gasteiger partial charge in [-0.1, -0.05) is 12.0 Å². The van der Waals surface area contributed by atoms with Crippen LogP contribution in [0.25, 0.3) is 0 Å². The van der Waals surface area contributed by atoms with Crippen LogP contribution in [-0.2, 0) is 6.42 Å². The third-order valence-corrected chi connectivity index (χ3v) is 2.59. The Morgan fingerprint density at radius 2 is 2.44 bits per heavy atom. The lowest BCUT2D eigenvalue weighted by atomic mass is 10.2. The SMILES string of the molecule is C#CCNC(=S)N(CCc1cccnc1)C(=N)N. The number of hydrogen-bond donors (Lipinski definition) is 3. The summed E-state index contributed by atoms with van der Waals surface area (Å²) in [5.41, 5.74) is 6.55. The molecule has 0 aliphatic carbocycles. The molecule has 0 aliphatic rings. The molecule has 0 bridgehead atoms. The van der Waals surface area contributed by atoms with Gasteiger partial charge >= 0.3 is 0 Å². The van der Waals surface area contributed by atoms with Crippen LogP contribution in [0.1, 0.15) is 5.56 Å². The number of hydrogen-bond acceptors (Lipinski definition) is 3. The largest absolute Gasteiger partial charge is 0.370 e. The number of pyridine rings is 1. The summed E-state index contributed by atoms with van der Waals surface area (Å²) >= 11 is 5.12. The predicted molar refractivity (Wildman–Crippen MR) is 76.0 cm³/mol. The zero-order valence-electron chi connectivity index (χ0n) is 9.89. The maximum absolute atomic E-state index is 7.49. The number of thiocarbonyl (C=S) groups is 1.